The summed E-state index contributed by atoms with van der Waals surface area (Å²) in [6.07, 6.45) is 0.488. The molecule has 1 heterocycles. The number of aromatic amines is 1. The van der Waals surface area contributed by atoms with E-state index in [1.165, 1.54) is 7.11 Å². The number of aldehydes is 1. The van der Waals surface area contributed by atoms with Crippen molar-refractivity contribution >= 4 is 39.1 Å². The number of carbonyl (C=O) groups is 2. The molecule has 0 saturated heterocycles. The van der Waals surface area contributed by atoms with E-state index in [1.54, 1.807) is 12.1 Å². The minimum absolute atomic E-state index is 0.0430. The van der Waals surface area contributed by atoms with Crippen LogP contribution in [-0.4, -0.2) is 29.5 Å². The molecular formula is C11H8BrNO4. The molecule has 0 amide bonds. The number of carboxylic acids is 1. The molecule has 88 valence electrons. The van der Waals surface area contributed by atoms with Gasteiger partial charge in [-0.1, -0.05) is 0 Å². The molecule has 1 aromatic heterocycles. The van der Waals surface area contributed by atoms with Gasteiger partial charge in [0.2, 0.25) is 0 Å². The first kappa shape index (κ1) is 11.7. The second-order valence-electron chi connectivity index (χ2n) is 3.34. The van der Waals surface area contributed by atoms with Crippen molar-refractivity contribution in [2.24, 2.45) is 0 Å². The zero-order chi connectivity index (χ0) is 12.6. The average Bonchev–Trinajstić information content (AvgIpc) is 2.69. The van der Waals surface area contributed by atoms with Crippen LogP contribution >= 0.6 is 15.9 Å². The fourth-order valence-electron chi connectivity index (χ4n) is 1.72. The van der Waals surface area contributed by atoms with Gasteiger partial charge in [-0.2, -0.15) is 0 Å². The van der Waals surface area contributed by atoms with E-state index in [0.29, 0.717) is 27.4 Å². The highest BCUT2D eigenvalue weighted by Crippen LogP contribution is 2.36. The molecule has 2 rings (SSSR count). The molecule has 0 saturated carbocycles. The van der Waals surface area contributed by atoms with Gasteiger partial charge in [0, 0.05) is 10.9 Å². The van der Waals surface area contributed by atoms with Crippen molar-refractivity contribution in [2.75, 3.05) is 7.11 Å². The van der Waals surface area contributed by atoms with Crippen LogP contribution in [0.2, 0.25) is 0 Å². The smallest absolute Gasteiger partial charge is 0.338 e. The minimum Gasteiger partial charge on any atom is -0.496 e. The van der Waals surface area contributed by atoms with Gasteiger partial charge in [0.1, 0.15) is 5.75 Å². The Morgan fingerprint density at radius 3 is 2.76 bits per heavy atom. The van der Waals surface area contributed by atoms with E-state index in [1.807, 2.05) is 0 Å². The van der Waals surface area contributed by atoms with Crippen LogP contribution in [0.4, 0.5) is 0 Å². The number of carbonyl (C=O) groups excluding carboxylic acids is 1. The van der Waals surface area contributed by atoms with Gasteiger partial charge in [-0.05, 0) is 28.1 Å². The fraction of sp³-hybridized carbons (Fsp3) is 0.0909. The van der Waals surface area contributed by atoms with Crippen molar-refractivity contribution in [3.8, 4) is 5.75 Å². The zero-order valence-electron chi connectivity index (χ0n) is 8.78. The number of carboxylic acid groups (broad SMARTS) is 1. The summed E-state index contributed by atoms with van der Waals surface area (Å²) in [5.74, 6) is -0.649. The Kier molecular flexibility index (Phi) is 2.89. The predicted molar refractivity (Wildman–Crippen MR) is 64.9 cm³/mol. The molecular weight excluding hydrogens is 290 g/mol. The number of aromatic carboxylic acids is 1. The zero-order valence-corrected chi connectivity index (χ0v) is 10.4. The third kappa shape index (κ3) is 1.70. The van der Waals surface area contributed by atoms with Crippen molar-refractivity contribution < 1.29 is 19.4 Å². The highest BCUT2D eigenvalue weighted by molar-refractivity contribution is 9.10. The molecule has 0 unspecified atom stereocenters. The Morgan fingerprint density at radius 1 is 1.53 bits per heavy atom. The average molecular weight is 298 g/mol. The number of benzene rings is 1. The molecule has 6 heteroatoms. The van der Waals surface area contributed by atoms with E-state index in [9.17, 15) is 9.59 Å². The van der Waals surface area contributed by atoms with E-state index < -0.39 is 5.97 Å². The van der Waals surface area contributed by atoms with Crippen LogP contribution in [0.25, 0.3) is 10.9 Å². The first-order valence-corrected chi connectivity index (χ1v) is 5.46. The number of methoxy groups -OCH3 is 1. The van der Waals surface area contributed by atoms with E-state index in [0.717, 1.165) is 0 Å². The number of H-pyrrole nitrogens is 1. The number of hydrogen-bond donors (Lipinski definition) is 2. The lowest BCUT2D eigenvalue weighted by Gasteiger charge is -2.04. The summed E-state index contributed by atoms with van der Waals surface area (Å²) >= 11 is 3.28. The number of fused-ring (bicyclic) bond motifs is 1. The number of halogens is 1. The topological polar surface area (TPSA) is 79.4 Å². The lowest BCUT2D eigenvalue weighted by molar-refractivity contribution is 0.0696. The normalized spacial score (nSPS) is 10.5. The lowest BCUT2D eigenvalue weighted by atomic mass is 10.1. The SMILES string of the molecule is COc1ccc2[nH]c(C=O)c(C(=O)O)c2c1Br. The van der Waals surface area contributed by atoms with Crippen LogP contribution in [0, 0.1) is 0 Å². The van der Waals surface area contributed by atoms with Gasteiger partial charge in [-0.25, -0.2) is 4.79 Å². The number of ether oxygens (including phenoxy) is 1. The van der Waals surface area contributed by atoms with E-state index >= 15 is 0 Å². The first-order valence-electron chi connectivity index (χ1n) is 4.66. The van der Waals surface area contributed by atoms with Gasteiger partial charge in [-0.15, -0.1) is 0 Å². The Bertz CT molecular complexity index is 617. The number of rotatable bonds is 3. The van der Waals surface area contributed by atoms with Crippen molar-refractivity contribution in [2.45, 2.75) is 0 Å². The largest absolute Gasteiger partial charge is 0.496 e. The summed E-state index contributed by atoms with van der Waals surface area (Å²) < 4.78 is 5.60. The van der Waals surface area contributed by atoms with Gasteiger partial charge >= 0.3 is 5.97 Å². The maximum absolute atomic E-state index is 11.2. The molecule has 0 atom stereocenters. The summed E-state index contributed by atoms with van der Waals surface area (Å²) in [6, 6.07) is 3.35. The van der Waals surface area contributed by atoms with E-state index in [2.05, 4.69) is 20.9 Å². The lowest BCUT2D eigenvalue weighted by Crippen LogP contribution is -2.00. The van der Waals surface area contributed by atoms with Gasteiger partial charge in [0.25, 0.3) is 0 Å². The van der Waals surface area contributed by atoms with Crippen LogP contribution in [-0.2, 0) is 0 Å². The highest BCUT2D eigenvalue weighted by Gasteiger charge is 2.21. The highest BCUT2D eigenvalue weighted by atomic mass is 79.9. The second-order valence-corrected chi connectivity index (χ2v) is 4.13. The Hall–Kier alpha value is -1.82. The van der Waals surface area contributed by atoms with Crippen molar-refractivity contribution in [3.63, 3.8) is 0 Å². The van der Waals surface area contributed by atoms with Gasteiger partial charge < -0.3 is 14.8 Å². The van der Waals surface area contributed by atoms with E-state index in [-0.39, 0.29) is 11.3 Å². The first-order chi connectivity index (χ1) is 8.10. The number of nitrogens with one attached hydrogen (secondary N) is 1. The Labute approximate surface area is 105 Å². The van der Waals surface area contributed by atoms with Crippen LogP contribution < -0.4 is 4.74 Å². The molecule has 2 N–H and O–H groups in total. The Balaban J connectivity index is 2.92. The number of aromatic nitrogens is 1. The number of hydrogen-bond acceptors (Lipinski definition) is 3. The molecule has 2 aromatic rings. The van der Waals surface area contributed by atoms with Crippen LogP contribution in [0.15, 0.2) is 16.6 Å². The summed E-state index contributed by atoms with van der Waals surface area (Å²) in [5, 5.41) is 9.56. The van der Waals surface area contributed by atoms with E-state index in [4.69, 9.17) is 9.84 Å². The van der Waals surface area contributed by atoms with Gasteiger partial charge in [-0.3, -0.25) is 4.79 Å². The second kappa shape index (κ2) is 4.21. The van der Waals surface area contributed by atoms with Gasteiger partial charge in [0.15, 0.2) is 6.29 Å². The third-order valence-corrected chi connectivity index (χ3v) is 3.23. The molecule has 0 fully saturated rings. The summed E-state index contributed by atoms with van der Waals surface area (Å²) in [7, 11) is 1.49. The molecule has 0 spiro atoms. The quantitative estimate of drug-likeness (QED) is 0.853. The summed E-state index contributed by atoms with van der Waals surface area (Å²) in [5.41, 5.74) is 0.555. The monoisotopic (exact) mass is 297 g/mol. The van der Waals surface area contributed by atoms with Crippen molar-refractivity contribution in [1.29, 1.82) is 0 Å². The summed E-state index contributed by atoms with van der Waals surface area (Å²) in [6.45, 7) is 0. The minimum atomic E-state index is -1.16. The van der Waals surface area contributed by atoms with Crippen LogP contribution in [0.5, 0.6) is 5.75 Å². The molecule has 0 aliphatic carbocycles. The standard InChI is InChI=1S/C11H8BrNO4/c1-17-7-3-2-5-8(10(7)12)9(11(15)16)6(4-14)13-5/h2-4,13H,1H3,(H,15,16). The molecule has 0 aliphatic heterocycles. The molecule has 0 radical (unpaired) electrons. The predicted octanol–water partition coefficient (Wildman–Crippen LogP) is 2.45. The maximum atomic E-state index is 11.2. The van der Waals surface area contributed by atoms with Gasteiger partial charge in [0.05, 0.1) is 22.8 Å². The maximum Gasteiger partial charge on any atom is 0.338 e. The van der Waals surface area contributed by atoms with Crippen molar-refractivity contribution in [3.05, 3.63) is 27.9 Å². The third-order valence-electron chi connectivity index (χ3n) is 2.45. The van der Waals surface area contributed by atoms with Crippen LogP contribution in [0.1, 0.15) is 20.8 Å². The summed E-state index contributed by atoms with van der Waals surface area (Å²) in [4.78, 5) is 24.7. The fourth-order valence-corrected chi connectivity index (χ4v) is 2.42. The molecule has 0 aliphatic rings. The molecule has 1 aromatic carbocycles. The Morgan fingerprint density at radius 2 is 2.24 bits per heavy atom. The molecule has 5 nitrogen and oxygen atoms in total. The molecule has 0 bridgehead atoms. The van der Waals surface area contributed by atoms with Crippen LogP contribution in [0.3, 0.4) is 0 Å². The molecule has 17 heavy (non-hydrogen) atoms. The van der Waals surface area contributed by atoms with Crippen molar-refractivity contribution in [1.82, 2.24) is 4.98 Å².